The molecule has 1 fully saturated rings. The van der Waals surface area contributed by atoms with Gasteiger partial charge in [-0.15, -0.1) is 0 Å². The molecule has 0 bridgehead atoms. The maximum Gasteiger partial charge on any atom is 0.244 e. The van der Waals surface area contributed by atoms with Crippen molar-refractivity contribution in [3.05, 3.63) is 28.2 Å². The summed E-state index contributed by atoms with van der Waals surface area (Å²) in [4.78, 5) is 11.8. The molecule has 0 radical (unpaired) electrons. The number of hydrogen-bond donors (Lipinski definition) is 2. The van der Waals surface area contributed by atoms with Gasteiger partial charge in [0.2, 0.25) is 5.91 Å². The van der Waals surface area contributed by atoms with Gasteiger partial charge in [0.05, 0.1) is 12.5 Å². The lowest BCUT2D eigenvalue weighted by Crippen LogP contribution is -2.39. The van der Waals surface area contributed by atoms with E-state index < -0.39 is 5.41 Å². The first-order chi connectivity index (χ1) is 7.64. The third kappa shape index (κ3) is 1.70. The van der Waals surface area contributed by atoms with E-state index in [1.165, 1.54) is 0 Å². The molecule has 1 saturated carbocycles. The van der Waals surface area contributed by atoms with E-state index in [1.54, 1.807) is 7.11 Å². The summed E-state index contributed by atoms with van der Waals surface area (Å²) in [5.41, 5.74) is 2.63. The molecule has 0 atom stereocenters. The summed E-state index contributed by atoms with van der Waals surface area (Å²) in [5.74, 6) is 5.79. The van der Waals surface area contributed by atoms with Crippen LogP contribution in [0, 0.1) is 0 Å². The van der Waals surface area contributed by atoms with Crippen LogP contribution in [0.1, 0.15) is 18.4 Å². The molecule has 1 aliphatic rings. The van der Waals surface area contributed by atoms with Gasteiger partial charge in [-0.1, -0.05) is 15.9 Å². The van der Waals surface area contributed by atoms with Gasteiger partial charge in [0.1, 0.15) is 5.75 Å². The van der Waals surface area contributed by atoms with Crippen LogP contribution in [0.15, 0.2) is 22.7 Å². The zero-order valence-electron chi connectivity index (χ0n) is 8.92. The largest absolute Gasteiger partial charge is 0.496 e. The smallest absolute Gasteiger partial charge is 0.244 e. The summed E-state index contributed by atoms with van der Waals surface area (Å²) < 4.78 is 6.21. The second-order valence-corrected chi connectivity index (χ2v) is 4.82. The van der Waals surface area contributed by atoms with Crippen molar-refractivity contribution in [2.75, 3.05) is 7.11 Å². The lowest BCUT2D eigenvalue weighted by Gasteiger charge is -2.17. The first kappa shape index (κ1) is 11.4. The minimum atomic E-state index is -0.496. The van der Waals surface area contributed by atoms with Crippen LogP contribution in [0.5, 0.6) is 5.75 Å². The number of carbonyl (C=O) groups excluding carboxylic acids is 1. The van der Waals surface area contributed by atoms with Crippen molar-refractivity contribution in [2.45, 2.75) is 18.3 Å². The summed E-state index contributed by atoms with van der Waals surface area (Å²) in [6.45, 7) is 0. The van der Waals surface area contributed by atoms with E-state index in [1.807, 2.05) is 18.2 Å². The van der Waals surface area contributed by atoms with E-state index in [0.29, 0.717) is 0 Å². The average molecular weight is 285 g/mol. The fourth-order valence-electron chi connectivity index (χ4n) is 1.94. The van der Waals surface area contributed by atoms with Gasteiger partial charge in [-0.2, -0.15) is 0 Å². The zero-order valence-corrected chi connectivity index (χ0v) is 10.5. The Hall–Kier alpha value is -1.07. The zero-order chi connectivity index (χ0) is 11.8. The Morgan fingerprint density at radius 1 is 1.56 bits per heavy atom. The van der Waals surface area contributed by atoms with Crippen LogP contribution in [0.4, 0.5) is 0 Å². The highest BCUT2D eigenvalue weighted by atomic mass is 79.9. The number of methoxy groups -OCH3 is 1. The van der Waals surface area contributed by atoms with Crippen molar-refractivity contribution >= 4 is 21.8 Å². The molecule has 0 spiro atoms. The normalized spacial score (nSPS) is 16.7. The number of nitrogens with two attached hydrogens (primary N) is 1. The molecule has 3 N–H and O–H groups in total. The number of amides is 1. The number of rotatable bonds is 3. The average Bonchev–Trinajstić information content (AvgIpc) is 3.09. The predicted molar refractivity (Wildman–Crippen MR) is 63.9 cm³/mol. The minimum Gasteiger partial charge on any atom is -0.496 e. The third-order valence-electron chi connectivity index (χ3n) is 2.99. The fraction of sp³-hybridized carbons (Fsp3) is 0.364. The number of hydrogen-bond acceptors (Lipinski definition) is 3. The van der Waals surface area contributed by atoms with Crippen LogP contribution in [0.2, 0.25) is 0 Å². The molecule has 0 aromatic heterocycles. The standard InChI is InChI=1S/C11H13BrN2O2/c1-16-9-3-2-7(12)6-8(9)11(4-5-11)10(15)14-13/h2-3,6H,4-5,13H2,1H3,(H,14,15). The summed E-state index contributed by atoms with van der Waals surface area (Å²) in [6, 6.07) is 5.66. The molecule has 86 valence electrons. The van der Waals surface area contributed by atoms with E-state index in [4.69, 9.17) is 10.6 Å². The Kier molecular flexibility index (Phi) is 2.90. The van der Waals surface area contributed by atoms with Gasteiger partial charge in [0.25, 0.3) is 0 Å². The Morgan fingerprint density at radius 3 is 2.75 bits per heavy atom. The van der Waals surface area contributed by atoms with Crippen molar-refractivity contribution in [1.82, 2.24) is 5.43 Å². The number of benzene rings is 1. The molecule has 0 saturated heterocycles. The van der Waals surface area contributed by atoms with Gasteiger partial charge in [-0.05, 0) is 31.0 Å². The van der Waals surface area contributed by atoms with Crippen LogP contribution >= 0.6 is 15.9 Å². The molecule has 0 unspecified atom stereocenters. The fourth-order valence-corrected chi connectivity index (χ4v) is 2.30. The molecule has 1 amide bonds. The van der Waals surface area contributed by atoms with Gasteiger partial charge >= 0.3 is 0 Å². The van der Waals surface area contributed by atoms with Crippen LogP contribution in [0.3, 0.4) is 0 Å². The summed E-state index contributed by atoms with van der Waals surface area (Å²) in [7, 11) is 1.60. The van der Waals surface area contributed by atoms with Gasteiger partial charge in [-0.3, -0.25) is 10.2 Å². The maximum atomic E-state index is 11.8. The van der Waals surface area contributed by atoms with E-state index in [2.05, 4.69) is 21.4 Å². The van der Waals surface area contributed by atoms with Crippen LogP contribution in [0.25, 0.3) is 0 Å². The quantitative estimate of drug-likeness (QED) is 0.502. The summed E-state index contributed by atoms with van der Waals surface area (Å²) >= 11 is 3.40. The Morgan fingerprint density at radius 2 is 2.25 bits per heavy atom. The SMILES string of the molecule is COc1ccc(Br)cc1C1(C(=O)NN)CC1. The predicted octanol–water partition coefficient (Wildman–Crippen LogP) is 1.48. The second kappa shape index (κ2) is 4.07. The van der Waals surface area contributed by atoms with Crippen LogP contribution < -0.4 is 16.0 Å². The number of hydrazine groups is 1. The molecule has 1 aromatic rings. The summed E-state index contributed by atoms with van der Waals surface area (Å²) in [5, 5.41) is 0. The van der Waals surface area contributed by atoms with Gasteiger partial charge in [0, 0.05) is 10.0 Å². The van der Waals surface area contributed by atoms with Crippen molar-refractivity contribution in [3.63, 3.8) is 0 Å². The molecule has 1 aromatic carbocycles. The number of halogens is 1. The Bertz CT molecular complexity index is 430. The molecule has 0 heterocycles. The molecule has 2 rings (SSSR count). The third-order valence-corrected chi connectivity index (χ3v) is 3.49. The Balaban J connectivity index is 2.47. The molecule has 16 heavy (non-hydrogen) atoms. The lowest BCUT2D eigenvalue weighted by atomic mass is 9.94. The monoisotopic (exact) mass is 284 g/mol. The van der Waals surface area contributed by atoms with Gasteiger partial charge in [0.15, 0.2) is 0 Å². The highest BCUT2D eigenvalue weighted by Crippen LogP contribution is 2.51. The first-order valence-corrected chi connectivity index (χ1v) is 5.78. The van der Waals surface area contributed by atoms with Gasteiger partial charge < -0.3 is 4.74 Å². The van der Waals surface area contributed by atoms with Crippen LogP contribution in [-0.2, 0) is 10.2 Å². The minimum absolute atomic E-state index is 0.149. The number of nitrogens with one attached hydrogen (secondary N) is 1. The molecule has 1 aliphatic carbocycles. The topological polar surface area (TPSA) is 64.3 Å². The molecule has 4 nitrogen and oxygen atoms in total. The maximum absolute atomic E-state index is 11.8. The van der Waals surface area contributed by atoms with Crippen molar-refractivity contribution in [3.8, 4) is 5.75 Å². The van der Waals surface area contributed by atoms with Crippen molar-refractivity contribution in [2.24, 2.45) is 5.84 Å². The van der Waals surface area contributed by atoms with Gasteiger partial charge in [-0.25, -0.2) is 5.84 Å². The molecular weight excluding hydrogens is 272 g/mol. The van der Waals surface area contributed by atoms with E-state index in [9.17, 15) is 4.79 Å². The highest BCUT2D eigenvalue weighted by molar-refractivity contribution is 9.10. The molecule has 5 heteroatoms. The number of carbonyl (C=O) groups is 1. The first-order valence-electron chi connectivity index (χ1n) is 4.99. The highest BCUT2D eigenvalue weighted by Gasteiger charge is 2.52. The van der Waals surface area contributed by atoms with Crippen molar-refractivity contribution < 1.29 is 9.53 Å². The van der Waals surface area contributed by atoms with Crippen LogP contribution in [-0.4, -0.2) is 13.0 Å². The second-order valence-electron chi connectivity index (χ2n) is 3.90. The number of ether oxygens (including phenoxy) is 1. The van der Waals surface area contributed by atoms with E-state index in [0.717, 1.165) is 28.6 Å². The molecule has 0 aliphatic heterocycles. The van der Waals surface area contributed by atoms with E-state index >= 15 is 0 Å². The molecular formula is C11H13BrN2O2. The van der Waals surface area contributed by atoms with Crippen molar-refractivity contribution in [1.29, 1.82) is 0 Å². The van der Waals surface area contributed by atoms with E-state index in [-0.39, 0.29) is 5.91 Å². The summed E-state index contributed by atoms with van der Waals surface area (Å²) in [6.07, 6.45) is 1.62. The lowest BCUT2D eigenvalue weighted by molar-refractivity contribution is -0.123. The Labute approximate surface area is 102 Å².